The Bertz CT molecular complexity index is 1560. The number of fused-ring (bicyclic) bond motifs is 3. The van der Waals surface area contributed by atoms with E-state index in [0.717, 1.165) is 18.3 Å². The first kappa shape index (κ1) is 29.5. The van der Waals surface area contributed by atoms with Gasteiger partial charge in [0.25, 0.3) is 0 Å². The van der Waals surface area contributed by atoms with Gasteiger partial charge in [-0.2, -0.15) is 0 Å². The average Bonchev–Trinajstić information content (AvgIpc) is 3.62. The van der Waals surface area contributed by atoms with Gasteiger partial charge >= 0.3 is 0 Å². The van der Waals surface area contributed by atoms with Crippen LogP contribution in [0.4, 0.5) is 21.6 Å². The molecule has 4 fully saturated rings. The number of allylic oxidation sites excluding steroid dienone is 1. The number of piperidine rings is 1. The maximum atomic E-state index is 13.8. The Hall–Kier alpha value is -3.23. The fraction of sp³-hybridized carbons (Fsp3) is 0.514. The Morgan fingerprint density at radius 2 is 2.00 bits per heavy atom. The number of carbonyl (C=O) groups is 1. The van der Waals surface area contributed by atoms with Crippen molar-refractivity contribution in [2.75, 3.05) is 37.4 Å². The summed E-state index contributed by atoms with van der Waals surface area (Å²) >= 11 is 6.01. The lowest BCUT2D eigenvalue weighted by Crippen LogP contribution is -2.47. The van der Waals surface area contributed by atoms with E-state index in [1.54, 1.807) is 12.1 Å². The Morgan fingerprint density at radius 1 is 1.16 bits per heavy atom. The number of likely N-dealkylation sites (tertiary alicyclic amines) is 1. The first-order chi connectivity index (χ1) is 21.3. The lowest BCUT2D eigenvalue weighted by molar-refractivity contribution is -0.111. The number of hydrogen-bond donors (Lipinski definition) is 2. The standard InChI is InChI=1S/C35H41ClFN5O2/c1-42-11-9-35(10-12-42)18-23(19-35)20-44-32-17-30-27(34(39-21-38-30)40-26-7-8-29(37)28(36)15-26)16-31(32)41-33(43)4-2-3-24-13-22-5-6-25(24)14-22/h2,4,7-8,15-17,21-25H,3,5-6,9-14,18-20H2,1H3,(H,41,43)(H,38,39,40)/b4-2+. The minimum absolute atomic E-state index is 0.0206. The number of hydrogen-bond acceptors (Lipinski definition) is 6. The van der Waals surface area contributed by atoms with Gasteiger partial charge in [-0.25, -0.2) is 14.4 Å². The van der Waals surface area contributed by atoms with E-state index < -0.39 is 5.82 Å². The summed E-state index contributed by atoms with van der Waals surface area (Å²) in [5.74, 6) is 3.39. The SMILES string of the molecule is CN1CCC2(CC1)CC(COc1cc3ncnc(Nc4ccc(F)c(Cl)c4)c3cc1NC(=O)/C=C/CC1CC3CCC1C3)C2. The van der Waals surface area contributed by atoms with Gasteiger partial charge in [0.05, 0.1) is 22.8 Å². The van der Waals surface area contributed by atoms with Crippen molar-refractivity contribution in [3.63, 3.8) is 0 Å². The van der Waals surface area contributed by atoms with E-state index in [1.807, 2.05) is 18.2 Å². The number of halogens is 2. The highest BCUT2D eigenvalue weighted by molar-refractivity contribution is 6.31. The quantitative estimate of drug-likeness (QED) is 0.237. The van der Waals surface area contributed by atoms with Crippen molar-refractivity contribution >= 4 is 45.6 Å². The number of nitrogens with one attached hydrogen (secondary N) is 2. The van der Waals surface area contributed by atoms with E-state index in [0.29, 0.717) is 57.7 Å². The van der Waals surface area contributed by atoms with Crippen LogP contribution in [0.15, 0.2) is 48.8 Å². The molecule has 7 rings (SSSR count). The van der Waals surface area contributed by atoms with E-state index in [1.165, 1.54) is 82.9 Å². The largest absolute Gasteiger partial charge is 0.491 e. The van der Waals surface area contributed by atoms with Crippen LogP contribution in [-0.2, 0) is 4.79 Å². The highest BCUT2D eigenvalue weighted by Crippen LogP contribution is 2.53. The van der Waals surface area contributed by atoms with Gasteiger partial charge in [-0.1, -0.05) is 24.1 Å². The summed E-state index contributed by atoms with van der Waals surface area (Å²) in [6.07, 6.45) is 16.4. The van der Waals surface area contributed by atoms with Crippen LogP contribution in [0.3, 0.4) is 0 Å². The third-order valence-corrected chi connectivity index (χ3v) is 11.0. The van der Waals surface area contributed by atoms with Crippen molar-refractivity contribution in [1.29, 1.82) is 0 Å². The molecule has 7 nitrogen and oxygen atoms in total. The number of carbonyl (C=O) groups excluding carboxylic acids is 1. The van der Waals surface area contributed by atoms with Crippen LogP contribution in [-0.4, -0.2) is 47.5 Å². The van der Waals surface area contributed by atoms with Crippen molar-refractivity contribution in [3.05, 3.63) is 59.7 Å². The van der Waals surface area contributed by atoms with Crippen molar-refractivity contribution in [1.82, 2.24) is 14.9 Å². The van der Waals surface area contributed by atoms with Gasteiger partial charge in [-0.15, -0.1) is 0 Å². The molecule has 2 heterocycles. The lowest BCUT2D eigenvalue weighted by atomic mass is 9.58. The normalized spacial score (nSPS) is 24.7. The maximum Gasteiger partial charge on any atom is 0.248 e. The summed E-state index contributed by atoms with van der Waals surface area (Å²) in [5.41, 5.74) is 2.33. The number of ether oxygens (including phenoxy) is 1. The van der Waals surface area contributed by atoms with Crippen molar-refractivity contribution in [2.45, 2.75) is 57.8 Å². The minimum atomic E-state index is -0.488. The van der Waals surface area contributed by atoms with E-state index in [4.69, 9.17) is 16.3 Å². The Kier molecular flexibility index (Phi) is 8.23. The molecule has 3 aliphatic carbocycles. The van der Waals surface area contributed by atoms with Gasteiger partial charge in [-0.3, -0.25) is 4.79 Å². The van der Waals surface area contributed by atoms with Crippen LogP contribution >= 0.6 is 11.6 Å². The summed E-state index contributed by atoms with van der Waals surface area (Å²) in [6.45, 7) is 2.95. The van der Waals surface area contributed by atoms with Crippen LogP contribution < -0.4 is 15.4 Å². The third-order valence-electron chi connectivity index (χ3n) is 10.7. The molecule has 2 N–H and O–H groups in total. The molecule has 9 heteroatoms. The molecule has 1 saturated heterocycles. The first-order valence-corrected chi connectivity index (χ1v) is 16.5. The monoisotopic (exact) mass is 617 g/mol. The molecule has 1 aromatic heterocycles. The van der Waals surface area contributed by atoms with Gasteiger partial charge in [0.1, 0.15) is 23.7 Å². The van der Waals surface area contributed by atoms with Crippen molar-refractivity contribution < 1.29 is 13.9 Å². The van der Waals surface area contributed by atoms with Crippen LogP contribution in [0.1, 0.15) is 57.8 Å². The van der Waals surface area contributed by atoms with E-state index in [-0.39, 0.29) is 10.9 Å². The predicted octanol–water partition coefficient (Wildman–Crippen LogP) is 7.99. The zero-order valence-electron chi connectivity index (χ0n) is 25.3. The second-order valence-corrected chi connectivity index (χ2v) is 14.2. The first-order valence-electron chi connectivity index (χ1n) is 16.1. The van der Waals surface area contributed by atoms with Crippen molar-refractivity contribution in [2.24, 2.45) is 29.1 Å². The van der Waals surface area contributed by atoms with E-state index in [9.17, 15) is 9.18 Å². The predicted molar refractivity (Wildman–Crippen MR) is 173 cm³/mol. The fourth-order valence-electron chi connectivity index (χ4n) is 8.29. The van der Waals surface area contributed by atoms with Gasteiger partial charge in [-0.05, 0) is 131 Å². The van der Waals surface area contributed by atoms with Crippen LogP contribution in [0, 0.1) is 34.9 Å². The molecule has 1 aliphatic heterocycles. The molecule has 3 saturated carbocycles. The number of rotatable bonds is 9. The number of amides is 1. The summed E-state index contributed by atoms with van der Waals surface area (Å²) in [7, 11) is 2.20. The van der Waals surface area contributed by atoms with Gasteiger partial charge in [0.15, 0.2) is 0 Å². The second-order valence-electron chi connectivity index (χ2n) is 13.8. The summed E-state index contributed by atoms with van der Waals surface area (Å²) in [4.78, 5) is 24.5. The molecule has 1 amide bonds. The lowest BCUT2D eigenvalue weighted by Gasteiger charge is -2.51. The average molecular weight is 618 g/mol. The molecular formula is C35H41ClFN5O2. The maximum absolute atomic E-state index is 13.8. The summed E-state index contributed by atoms with van der Waals surface area (Å²) < 4.78 is 20.2. The topological polar surface area (TPSA) is 79.4 Å². The molecule has 3 aromatic rings. The Balaban J connectivity index is 1.09. The van der Waals surface area contributed by atoms with Gasteiger partial charge in [0.2, 0.25) is 5.91 Å². The molecule has 3 atom stereocenters. The third kappa shape index (κ3) is 6.29. The number of aromatic nitrogens is 2. The molecule has 4 aliphatic rings. The molecule has 3 unspecified atom stereocenters. The highest BCUT2D eigenvalue weighted by atomic mass is 35.5. The molecule has 44 heavy (non-hydrogen) atoms. The highest BCUT2D eigenvalue weighted by Gasteiger charge is 2.45. The summed E-state index contributed by atoms with van der Waals surface area (Å²) in [6, 6.07) is 8.16. The van der Waals surface area contributed by atoms with Crippen LogP contribution in [0.5, 0.6) is 5.75 Å². The fourth-order valence-corrected chi connectivity index (χ4v) is 8.47. The zero-order chi connectivity index (χ0) is 30.3. The van der Waals surface area contributed by atoms with Gasteiger partial charge < -0.3 is 20.3 Å². The zero-order valence-corrected chi connectivity index (χ0v) is 26.1. The number of anilines is 3. The molecule has 1 spiro atoms. The van der Waals surface area contributed by atoms with Gasteiger partial charge in [0, 0.05) is 17.1 Å². The van der Waals surface area contributed by atoms with Crippen LogP contribution in [0.2, 0.25) is 5.02 Å². The van der Waals surface area contributed by atoms with Crippen molar-refractivity contribution in [3.8, 4) is 5.75 Å². The van der Waals surface area contributed by atoms with Crippen LogP contribution in [0.25, 0.3) is 10.9 Å². The molecule has 2 aromatic carbocycles. The molecule has 2 bridgehead atoms. The number of benzene rings is 2. The minimum Gasteiger partial charge on any atom is -0.491 e. The second kappa shape index (κ2) is 12.3. The van der Waals surface area contributed by atoms with E-state index >= 15 is 0 Å². The summed E-state index contributed by atoms with van der Waals surface area (Å²) in [5, 5.41) is 7.03. The Labute approximate surface area is 263 Å². The number of nitrogens with zero attached hydrogens (tertiary/aromatic N) is 3. The smallest absolute Gasteiger partial charge is 0.248 e. The molecular weight excluding hydrogens is 577 g/mol. The van der Waals surface area contributed by atoms with E-state index in [2.05, 4.69) is 32.5 Å². The molecule has 0 radical (unpaired) electrons. The molecule has 232 valence electrons. The Morgan fingerprint density at radius 3 is 2.75 bits per heavy atom.